The number of hydrogen-bond acceptors (Lipinski definition) is 4. The van der Waals surface area contributed by atoms with Gasteiger partial charge in [0.15, 0.2) is 9.84 Å². The maximum atomic E-state index is 13.4. The molecule has 1 heterocycles. The van der Waals surface area contributed by atoms with Crippen molar-refractivity contribution in [2.75, 3.05) is 18.1 Å². The van der Waals surface area contributed by atoms with Crippen molar-refractivity contribution >= 4 is 15.7 Å². The molecule has 0 saturated carbocycles. The van der Waals surface area contributed by atoms with E-state index in [1.807, 2.05) is 24.3 Å². The van der Waals surface area contributed by atoms with Crippen molar-refractivity contribution in [2.45, 2.75) is 52.1 Å². The van der Waals surface area contributed by atoms with Crippen LogP contribution < -0.4 is 4.74 Å². The number of unbranched alkanes of at least 4 members (excludes halogenated alkanes) is 1. The summed E-state index contributed by atoms with van der Waals surface area (Å²) < 4.78 is 29.9. The number of nitrogens with zero attached hydrogens (tertiary/aromatic N) is 1. The third-order valence-electron chi connectivity index (χ3n) is 5.54. The molecule has 1 aliphatic heterocycles. The quantitative estimate of drug-likeness (QED) is 0.559. The Morgan fingerprint density at radius 1 is 1.10 bits per heavy atom. The fourth-order valence-electron chi connectivity index (χ4n) is 3.68. The zero-order chi connectivity index (χ0) is 21.6. The second-order valence-electron chi connectivity index (χ2n) is 7.89. The highest BCUT2D eigenvalue weighted by molar-refractivity contribution is 7.91. The van der Waals surface area contributed by atoms with Gasteiger partial charge < -0.3 is 9.64 Å². The summed E-state index contributed by atoms with van der Waals surface area (Å²) in [5.74, 6) is 0.674. The Kier molecular flexibility index (Phi) is 7.53. The van der Waals surface area contributed by atoms with Crippen molar-refractivity contribution in [3.63, 3.8) is 0 Å². The number of sulfone groups is 1. The van der Waals surface area contributed by atoms with E-state index in [0.29, 0.717) is 30.9 Å². The number of rotatable bonds is 9. The summed E-state index contributed by atoms with van der Waals surface area (Å²) in [6.45, 7) is 5.21. The molecule has 1 saturated heterocycles. The first-order chi connectivity index (χ1) is 14.4. The Balaban J connectivity index is 1.83. The lowest BCUT2D eigenvalue weighted by Gasteiger charge is -2.29. The van der Waals surface area contributed by atoms with Crippen molar-refractivity contribution in [3.05, 3.63) is 65.2 Å². The van der Waals surface area contributed by atoms with Gasteiger partial charge in [-0.15, -0.1) is 0 Å². The van der Waals surface area contributed by atoms with Crippen LogP contribution >= 0.6 is 0 Å². The highest BCUT2D eigenvalue weighted by atomic mass is 32.2. The number of carbonyl (C=O) groups excluding carboxylic acids is 1. The molecule has 6 heteroatoms. The maximum absolute atomic E-state index is 13.4. The summed E-state index contributed by atoms with van der Waals surface area (Å²) in [6.07, 6.45) is 3.43. The molecule has 1 unspecified atom stereocenters. The van der Waals surface area contributed by atoms with Gasteiger partial charge in [0.25, 0.3) is 5.91 Å². The molecule has 162 valence electrons. The molecular formula is C24H31NO4S. The van der Waals surface area contributed by atoms with Crippen LogP contribution in [0.15, 0.2) is 48.5 Å². The average Bonchev–Trinajstić information content (AvgIpc) is 3.12. The summed E-state index contributed by atoms with van der Waals surface area (Å²) in [5.41, 5.74) is 2.76. The van der Waals surface area contributed by atoms with Gasteiger partial charge in [0.05, 0.1) is 18.1 Å². The molecule has 0 aliphatic carbocycles. The van der Waals surface area contributed by atoms with Gasteiger partial charge >= 0.3 is 0 Å². The highest BCUT2D eigenvalue weighted by Gasteiger charge is 2.35. The molecule has 1 fully saturated rings. The lowest BCUT2D eigenvalue weighted by molar-refractivity contribution is 0.0680. The van der Waals surface area contributed by atoms with E-state index >= 15 is 0 Å². The Hall–Kier alpha value is -2.34. The molecule has 1 aliphatic rings. The van der Waals surface area contributed by atoms with E-state index in [1.165, 1.54) is 5.56 Å². The molecule has 0 radical (unpaired) electrons. The minimum absolute atomic E-state index is 0.0263. The molecule has 1 atom stereocenters. The Morgan fingerprint density at radius 2 is 1.83 bits per heavy atom. The van der Waals surface area contributed by atoms with Crippen LogP contribution in [-0.4, -0.2) is 43.4 Å². The van der Waals surface area contributed by atoms with E-state index < -0.39 is 9.84 Å². The van der Waals surface area contributed by atoms with Gasteiger partial charge in [-0.3, -0.25) is 4.79 Å². The van der Waals surface area contributed by atoms with Crippen LogP contribution in [0.4, 0.5) is 0 Å². The Morgan fingerprint density at radius 3 is 2.47 bits per heavy atom. The van der Waals surface area contributed by atoms with Gasteiger partial charge in [0, 0.05) is 18.2 Å². The Labute approximate surface area is 180 Å². The van der Waals surface area contributed by atoms with Crippen LogP contribution in [0.3, 0.4) is 0 Å². The SMILES string of the molecule is CCCCOc1cccc(C(=O)N(Cc2ccc(CC)cc2)C2CCS(=O)(=O)C2)c1. The topological polar surface area (TPSA) is 63.7 Å². The van der Waals surface area contributed by atoms with E-state index in [1.54, 1.807) is 17.0 Å². The third kappa shape index (κ3) is 5.85. The summed E-state index contributed by atoms with van der Waals surface area (Å²) >= 11 is 0. The summed E-state index contributed by atoms with van der Waals surface area (Å²) in [5, 5.41) is 0. The van der Waals surface area contributed by atoms with E-state index in [4.69, 9.17) is 4.74 Å². The minimum atomic E-state index is -3.10. The van der Waals surface area contributed by atoms with Crippen molar-refractivity contribution in [2.24, 2.45) is 0 Å². The van der Waals surface area contributed by atoms with Crippen LogP contribution in [0.2, 0.25) is 0 Å². The molecule has 1 amide bonds. The number of benzene rings is 2. The first-order valence-corrected chi connectivity index (χ1v) is 12.6. The zero-order valence-electron chi connectivity index (χ0n) is 17.8. The zero-order valence-corrected chi connectivity index (χ0v) is 18.7. The van der Waals surface area contributed by atoms with Crippen LogP contribution in [-0.2, 0) is 22.8 Å². The van der Waals surface area contributed by atoms with Crippen molar-refractivity contribution < 1.29 is 17.9 Å². The molecular weight excluding hydrogens is 398 g/mol. The van der Waals surface area contributed by atoms with E-state index in [0.717, 1.165) is 24.8 Å². The lowest BCUT2D eigenvalue weighted by Crippen LogP contribution is -2.40. The predicted molar refractivity (Wildman–Crippen MR) is 120 cm³/mol. The molecule has 3 rings (SSSR count). The van der Waals surface area contributed by atoms with Gasteiger partial charge in [0.2, 0.25) is 0 Å². The fourth-order valence-corrected chi connectivity index (χ4v) is 5.41. The average molecular weight is 430 g/mol. The number of aryl methyl sites for hydroxylation is 1. The first kappa shape index (κ1) is 22.3. The largest absolute Gasteiger partial charge is 0.494 e. The molecule has 2 aromatic carbocycles. The molecule has 0 spiro atoms. The molecule has 0 N–H and O–H groups in total. The maximum Gasteiger partial charge on any atom is 0.254 e. The van der Waals surface area contributed by atoms with Crippen molar-refractivity contribution in [1.29, 1.82) is 0 Å². The summed E-state index contributed by atoms with van der Waals surface area (Å²) in [4.78, 5) is 15.1. The second kappa shape index (κ2) is 10.1. The van der Waals surface area contributed by atoms with Gasteiger partial charge in [-0.2, -0.15) is 0 Å². The third-order valence-corrected chi connectivity index (χ3v) is 7.29. The standard InChI is InChI=1S/C24H31NO4S/c1-3-5-14-29-23-8-6-7-21(16-23)24(26)25(22-13-15-30(27,28)18-22)17-20-11-9-19(4-2)10-12-20/h6-12,16,22H,3-5,13-15,17-18H2,1-2H3. The van der Waals surface area contributed by atoms with E-state index in [2.05, 4.69) is 26.0 Å². The van der Waals surface area contributed by atoms with E-state index in [9.17, 15) is 13.2 Å². The van der Waals surface area contributed by atoms with Gasteiger partial charge in [-0.25, -0.2) is 8.42 Å². The number of hydrogen-bond donors (Lipinski definition) is 0. The van der Waals surface area contributed by atoms with Crippen molar-refractivity contribution in [3.8, 4) is 5.75 Å². The van der Waals surface area contributed by atoms with Crippen LogP contribution in [0.25, 0.3) is 0 Å². The monoisotopic (exact) mass is 429 g/mol. The number of amides is 1. The molecule has 5 nitrogen and oxygen atoms in total. The smallest absolute Gasteiger partial charge is 0.254 e. The first-order valence-electron chi connectivity index (χ1n) is 10.7. The minimum Gasteiger partial charge on any atom is -0.494 e. The highest BCUT2D eigenvalue weighted by Crippen LogP contribution is 2.24. The summed E-state index contributed by atoms with van der Waals surface area (Å²) in [7, 11) is -3.10. The lowest BCUT2D eigenvalue weighted by atomic mass is 10.1. The molecule has 0 bridgehead atoms. The van der Waals surface area contributed by atoms with E-state index in [-0.39, 0.29) is 23.5 Å². The normalized spacial score (nSPS) is 17.6. The predicted octanol–water partition coefficient (Wildman–Crippen LogP) is 4.26. The second-order valence-corrected chi connectivity index (χ2v) is 10.1. The molecule has 30 heavy (non-hydrogen) atoms. The van der Waals surface area contributed by atoms with Crippen LogP contribution in [0, 0.1) is 0 Å². The van der Waals surface area contributed by atoms with Crippen LogP contribution in [0.1, 0.15) is 54.6 Å². The molecule has 0 aromatic heterocycles. The van der Waals surface area contributed by atoms with Gasteiger partial charge in [-0.05, 0) is 48.6 Å². The fraction of sp³-hybridized carbons (Fsp3) is 0.458. The molecule has 2 aromatic rings. The van der Waals surface area contributed by atoms with Gasteiger partial charge in [-0.1, -0.05) is 50.6 Å². The number of ether oxygens (including phenoxy) is 1. The van der Waals surface area contributed by atoms with Crippen LogP contribution in [0.5, 0.6) is 5.75 Å². The Bertz CT molecular complexity index is 953. The van der Waals surface area contributed by atoms with Gasteiger partial charge in [0.1, 0.15) is 5.75 Å². The van der Waals surface area contributed by atoms with Crippen molar-refractivity contribution in [1.82, 2.24) is 4.90 Å². The number of carbonyl (C=O) groups is 1. The summed E-state index contributed by atoms with van der Waals surface area (Å²) in [6, 6.07) is 15.0.